The SMILES string of the molecule is CCN(C(=O)c1sccc1Br)c1ccccc1N. The molecule has 2 aromatic rings. The number of amides is 1. The fourth-order valence-electron chi connectivity index (χ4n) is 1.73. The Morgan fingerprint density at radius 2 is 2.11 bits per heavy atom. The van der Waals surface area contributed by atoms with Gasteiger partial charge >= 0.3 is 0 Å². The predicted octanol–water partition coefficient (Wildman–Crippen LogP) is 3.76. The maximum absolute atomic E-state index is 12.5. The third-order valence-electron chi connectivity index (χ3n) is 2.60. The van der Waals surface area contributed by atoms with Crippen molar-refractivity contribution in [3.8, 4) is 0 Å². The second kappa shape index (κ2) is 5.54. The molecule has 0 radical (unpaired) electrons. The van der Waals surface area contributed by atoms with E-state index < -0.39 is 0 Å². The standard InChI is InChI=1S/C13H13BrN2OS/c1-2-16(11-6-4-3-5-10(11)15)13(17)12-9(14)7-8-18-12/h3-8H,2,15H2,1H3. The zero-order chi connectivity index (χ0) is 13.1. The molecule has 1 amide bonds. The average Bonchev–Trinajstić information content (AvgIpc) is 2.78. The van der Waals surface area contributed by atoms with E-state index in [1.54, 1.807) is 11.0 Å². The summed E-state index contributed by atoms with van der Waals surface area (Å²) in [6.07, 6.45) is 0. The van der Waals surface area contributed by atoms with Crippen LogP contribution in [0, 0.1) is 0 Å². The van der Waals surface area contributed by atoms with Crippen LogP contribution in [0.25, 0.3) is 0 Å². The number of para-hydroxylation sites is 2. The lowest BCUT2D eigenvalue weighted by Crippen LogP contribution is -2.30. The number of carbonyl (C=O) groups is 1. The summed E-state index contributed by atoms with van der Waals surface area (Å²) in [5.74, 6) is -0.0303. The van der Waals surface area contributed by atoms with Crippen LogP contribution in [0.2, 0.25) is 0 Å². The Labute approximate surface area is 118 Å². The van der Waals surface area contributed by atoms with Crippen molar-refractivity contribution in [2.45, 2.75) is 6.92 Å². The normalized spacial score (nSPS) is 10.3. The monoisotopic (exact) mass is 324 g/mol. The minimum Gasteiger partial charge on any atom is -0.397 e. The molecule has 0 aliphatic rings. The highest BCUT2D eigenvalue weighted by Gasteiger charge is 2.20. The van der Waals surface area contributed by atoms with E-state index in [0.717, 1.165) is 10.2 Å². The molecule has 5 heteroatoms. The second-order valence-corrected chi connectivity index (χ2v) is 5.48. The second-order valence-electron chi connectivity index (χ2n) is 3.71. The van der Waals surface area contributed by atoms with E-state index in [9.17, 15) is 4.79 Å². The van der Waals surface area contributed by atoms with Crippen LogP contribution in [0.15, 0.2) is 40.2 Å². The maximum Gasteiger partial charge on any atom is 0.269 e. The Bertz CT molecular complexity index is 568. The van der Waals surface area contributed by atoms with Gasteiger partial charge in [-0.2, -0.15) is 0 Å². The van der Waals surface area contributed by atoms with Crippen molar-refractivity contribution < 1.29 is 4.79 Å². The van der Waals surface area contributed by atoms with Gasteiger partial charge in [0.25, 0.3) is 5.91 Å². The third kappa shape index (κ3) is 2.42. The lowest BCUT2D eigenvalue weighted by Gasteiger charge is -2.22. The number of rotatable bonds is 3. The van der Waals surface area contributed by atoms with Gasteiger partial charge in [0.15, 0.2) is 0 Å². The van der Waals surface area contributed by atoms with Crippen LogP contribution in [-0.4, -0.2) is 12.5 Å². The van der Waals surface area contributed by atoms with Gasteiger partial charge in [-0.15, -0.1) is 11.3 Å². The van der Waals surface area contributed by atoms with Crippen LogP contribution in [0.5, 0.6) is 0 Å². The van der Waals surface area contributed by atoms with Crippen molar-refractivity contribution in [1.82, 2.24) is 0 Å². The molecule has 0 spiro atoms. The average molecular weight is 325 g/mol. The molecule has 0 aliphatic heterocycles. The first kappa shape index (κ1) is 13.1. The van der Waals surface area contributed by atoms with Gasteiger partial charge in [0.1, 0.15) is 4.88 Å². The fraction of sp³-hybridized carbons (Fsp3) is 0.154. The van der Waals surface area contributed by atoms with Gasteiger partial charge in [0.2, 0.25) is 0 Å². The van der Waals surface area contributed by atoms with Crippen LogP contribution >= 0.6 is 27.3 Å². The molecule has 0 aliphatic carbocycles. The lowest BCUT2D eigenvalue weighted by atomic mass is 10.2. The van der Waals surface area contributed by atoms with Crippen LogP contribution in [0.4, 0.5) is 11.4 Å². The van der Waals surface area contributed by atoms with Crippen molar-refractivity contribution in [2.75, 3.05) is 17.2 Å². The van der Waals surface area contributed by atoms with Crippen LogP contribution in [0.3, 0.4) is 0 Å². The largest absolute Gasteiger partial charge is 0.397 e. The zero-order valence-electron chi connectivity index (χ0n) is 9.89. The molecule has 2 rings (SSSR count). The van der Waals surface area contributed by atoms with E-state index in [1.165, 1.54) is 11.3 Å². The number of thiophene rings is 1. The van der Waals surface area contributed by atoms with E-state index in [-0.39, 0.29) is 5.91 Å². The summed E-state index contributed by atoms with van der Waals surface area (Å²) < 4.78 is 0.824. The summed E-state index contributed by atoms with van der Waals surface area (Å²) in [4.78, 5) is 14.8. The van der Waals surface area contributed by atoms with Crippen LogP contribution < -0.4 is 10.6 Å². The molecule has 0 unspecified atom stereocenters. The lowest BCUT2D eigenvalue weighted by molar-refractivity contribution is 0.0991. The van der Waals surface area contributed by atoms with Gasteiger partial charge in [-0.3, -0.25) is 4.79 Å². The summed E-state index contributed by atoms with van der Waals surface area (Å²) in [5, 5.41) is 1.89. The highest BCUT2D eigenvalue weighted by Crippen LogP contribution is 2.29. The summed E-state index contributed by atoms with van der Waals surface area (Å²) in [5.41, 5.74) is 7.29. The molecule has 0 saturated carbocycles. The Morgan fingerprint density at radius 1 is 1.39 bits per heavy atom. The van der Waals surface area contributed by atoms with Crippen LogP contribution in [0.1, 0.15) is 16.6 Å². The van der Waals surface area contributed by atoms with Crippen LogP contribution in [-0.2, 0) is 0 Å². The molecule has 1 aromatic heterocycles. The summed E-state index contributed by atoms with van der Waals surface area (Å²) in [6, 6.07) is 9.27. The molecule has 1 aromatic carbocycles. The van der Waals surface area contributed by atoms with E-state index in [2.05, 4.69) is 15.9 Å². The van der Waals surface area contributed by atoms with Gasteiger partial charge in [-0.1, -0.05) is 12.1 Å². The molecule has 0 bridgehead atoms. The minimum atomic E-state index is -0.0303. The number of hydrogen-bond donors (Lipinski definition) is 1. The third-order valence-corrected chi connectivity index (χ3v) is 4.43. The first-order valence-electron chi connectivity index (χ1n) is 5.54. The Hall–Kier alpha value is -1.33. The highest BCUT2D eigenvalue weighted by molar-refractivity contribution is 9.10. The van der Waals surface area contributed by atoms with Gasteiger partial charge in [-0.05, 0) is 46.4 Å². The van der Waals surface area contributed by atoms with Gasteiger partial charge in [-0.25, -0.2) is 0 Å². The van der Waals surface area contributed by atoms with Crippen molar-refractivity contribution in [3.05, 3.63) is 45.1 Å². The topological polar surface area (TPSA) is 46.3 Å². The number of nitrogen functional groups attached to an aromatic ring is 1. The molecule has 1 heterocycles. The van der Waals surface area contributed by atoms with Crippen molar-refractivity contribution >= 4 is 44.5 Å². The fourth-order valence-corrected chi connectivity index (χ4v) is 3.21. The van der Waals surface area contributed by atoms with Crippen molar-refractivity contribution in [3.63, 3.8) is 0 Å². The Balaban J connectivity index is 2.39. The van der Waals surface area contributed by atoms with E-state index in [4.69, 9.17) is 5.73 Å². The summed E-state index contributed by atoms with van der Waals surface area (Å²) in [7, 11) is 0. The molecule has 0 atom stereocenters. The Kier molecular flexibility index (Phi) is 4.04. The summed E-state index contributed by atoms with van der Waals surface area (Å²) in [6.45, 7) is 2.52. The molecule has 0 fully saturated rings. The number of anilines is 2. The number of halogens is 1. The quantitative estimate of drug-likeness (QED) is 0.874. The van der Waals surface area contributed by atoms with E-state index in [0.29, 0.717) is 17.1 Å². The molecular weight excluding hydrogens is 312 g/mol. The number of nitrogens with two attached hydrogens (primary N) is 1. The van der Waals surface area contributed by atoms with Gasteiger partial charge in [0.05, 0.1) is 11.4 Å². The Morgan fingerprint density at radius 3 is 2.67 bits per heavy atom. The van der Waals surface area contributed by atoms with Gasteiger partial charge < -0.3 is 10.6 Å². The van der Waals surface area contributed by atoms with E-state index in [1.807, 2.05) is 36.6 Å². The van der Waals surface area contributed by atoms with E-state index >= 15 is 0 Å². The zero-order valence-corrected chi connectivity index (χ0v) is 12.3. The number of carbonyl (C=O) groups excluding carboxylic acids is 1. The van der Waals surface area contributed by atoms with Crippen molar-refractivity contribution in [1.29, 1.82) is 0 Å². The number of hydrogen-bond acceptors (Lipinski definition) is 3. The van der Waals surface area contributed by atoms with Gasteiger partial charge in [0, 0.05) is 11.0 Å². The summed E-state index contributed by atoms with van der Waals surface area (Å²) >= 11 is 4.81. The number of benzene rings is 1. The molecular formula is C13H13BrN2OS. The first-order valence-corrected chi connectivity index (χ1v) is 7.21. The smallest absolute Gasteiger partial charge is 0.269 e. The molecule has 94 valence electrons. The molecule has 2 N–H and O–H groups in total. The highest BCUT2D eigenvalue weighted by atomic mass is 79.9. The molecule has 0 saturated heterocycles. The molecule has 18 heavy (non-hydrogen) atoms. The number of nitrogens with zero attached hydrogens (tertiary/aromatic N) is 1. The van der Waals surface area contributed by atoms with Crippen molar-refractivity contribution in [2.24, 2.45) is 0 Å². The minimum absolute atomic E-state index is 0.0303. The maximum atomic E-state index is 12.5. The predicted molar refractivity (Wildman–Crippen MR) is 80.2 cm³/mol. The first-order chi connectivity index (χ1) is 8.65. The molecule has 3 nitrogen and oxygen atoms in total.